The maximum atomic E-state index is 10.4. The Morgan fingerprint density at radius 1 is 1.67 bits per heavy atom. The van der Waals surface area contributed by atoms with E-state index in [-0.39, 0.29) is 18.4 Å². The standard InChI is InChI=1S/C8H14O4/c1-6(4-8(9)10)7-5-11-2-3-12-7/h6-7H,2-5H2,1H3,(H,9,10)/t6-,7-/m1/s1. The molecule has 1 heterocycles. The number of ether oxygens (including phenoxy) is 2. The lowest BCUT2D eigenvalue weighted by molar-refractivity contribution is -0.143. The van der Waals surface area contributed by atoms with Crippen molar-refractivity contribution in [2.75, 3.05) is 19.8 Å². The normalized spacial score (nSPS) is 26.6. The first kappa shape index (κ1) is 9.48. The van der Waals surface area contributed by atoms with E-state index < -0.39 is 5.97 Å². The number of carbonyl (C=O) groups is 1. The molecule has 0 bridgehead atoms. The Morgan fingerprint density at radius 3 is 2.92 bits per heavy atom. The van der Waals surface area contributed by atoms with Crippen molar-refractivity contribution in [2.24, 2.45) is 5.92 Å². The van der Waals surface area contributed by atoms with E-state index in [0.29, 0.717) is 19.8 Å². The van der Waals surface area contributed by atoms with Gasteiger partial charge in [0.15, 0.2) is 0 Å². The van der Waals surface area contributed by atoms with Crippen LogP contribution in [0.2, 0.25) is 0 Å². The van der Waals surface area contributed by atoms with Crippen molar-refractivity contribution in [2.45, 2.75) is 19.4 Å². The van der Waals surface area contributed by atoms with Crippen molar-refractivity contribution in [1.29, 1.82) is 0 Å². The molecule has 0 aromatic rings. The molecule has 1 fully saturated rings. The molecule has 0 aromatic carbocycles. The molecular formula is C8H14O4. The third kappa shape index (κ3) is 2.79. The van der Waals surface area contributed by atoms with Gasteiger partial charge in [-0.3, -0.25) is 4.79 Å². The zero-order chi connectivity index (χ0) is 8.97. The first-order chi connectivity index (χ1) is 5.70. The van der Waals surface area contributed by atoms with E-state index in [1.54, 1.807) is 0 Å². The van der Waals surface area contributed by atoms with Crippen molar-refractivity contribution in [1.82, 2.24) is 0 Å². The van der Waals surface area contributed by atoms with Crippen LogP contribution in [0.4, 0.5) is 0 Å². The van der Waals surface area contributed by atoms with Crippen LogP contribution >= 0.6 is 0 Å². The molecule has 0 unspecified atom stereocenters. The van der Waals surface area contributed by atoms with E-state index in [2.05, 4.69) is 0 Å². The summed E-state index contributed by atoms with van der Waals surface area (Å²) in [5.74, 6) is -0.750. The third-order valence-corrected chi connectivity index (χ3v) is 1.97. The van der Waals surface area contributed by atoms with Gasteiger partial charge >= 0.3 is 5.97 Å². The quantitative estimate of drug-likeness (QED) is 0.677. The fraction of sp³-hybridized carbons (Fsp3) is 0.875. The molecule has 1 rings (SSSR count). The van der Waals surface area contributed by atoms with E-state index in [1.165, 1.54) is 0 Å². The van der Waals surface area contributed by atoms with Gasteiger partial charge in [0.05, 0.1) is 32.3 Å². The van der Waals surface area contributed by atoms with Gasteiger partial charge in [0, 0.05) is 0 Å². The largest absolute Gasteiger partial charge is 0.481 e. The average molecular weight is 174 g/mol. The molecule has 2 atom stereocenters. The summed E-state index contributed by atoms with van der Waals surface area (Å²) >= 11 is 0. The number of hydrogen-bond donors (Lipinski definition) is 1. The molecule has 0 spiro atoms. The van der Waals surface area contributed by atoms with Crippen LogP contribution in [0, 0.1) is 5.92 Å². The summed E-state index contributed by atoms with van der Waals surface area (Å²) in [5.41, 5.74) is 0. The van der Waals surface area contributed by atoms with E-state index in [9.17, 15) is 4.79 Å². The lowest BCUT2D eigenvalue weighted by Crippen LogP contribution is -2.34. The summed E-state index contributed by atoms with van der Waals surface area (Å²) in [4.78, 5) is 10.4. The van der Waals surface area contributed by atoms with Crippen molar-refractivity contribution in [3.05, 3.63) is 0 Å². The highest BCUT2D eigenvalue weighted by molar-refractivity contribution is 5.67. The van der Waals surface area contributed by atoms with E-state index in [1.807, 2.05) is 6.92 Å². The van der Waals surface area contributed by atoms with E-state index in [0.717, 1.165) is 0 Å². The Morgan fingerprint density at radius 2 is 2.42 bits per heavy atom. The molecule has 12 heavy (non-hydrogen) atoms. The van der Waals surface area contributed by atoms with Crippen LogP contribution in [-0.2, 0) is 14.3 Å². The van der Waals surface area contributed by atoms with Gasteiger partial charge in [0.1, 0.15) is 0 Å². The van der Waals surface area contributed by atoms with Crippen LogP contribution < -0.4 is 0 Å². The molecule has 1 aliphatic heterocycles. The maximum absolute atomic E-state index is 10.4. The molecule has 0 saturated carbocycles. The second kappa shape index (κ2) is 4.42. The Hall–Kier alpha value is -0.610. The Balaban J connectivity index is 2.29. The fourth-order valence-electron chi connectivity index (χ4n) is 1.24. The number of carboxylic acids is 1. The highest BCUT2D eigenvalue weighted by atomic mass is 16.6. The van der Waals surface area contributed by atoms with Gasteiger partial charge in [-0.05, 0) is 5.92 Å². The van der Waals surface area contributed by atoms with Crippen LogP contribution in [0.25, 0.3) is 0 Å². The topological polar surface area (TPSA) is 55.8 Å². The Labute approximate surface area is 71.5 Å². The first-order valence-electron chi connectivity index (χ1n) is 4.11. The second-order valence-corrected chi connectivity index (χ2v) is 3.06. The fourth-order valence-corrected chi connectivity index (χ4v) is 1.24. The number of aliphatic carboxylic acids is 1. The van der Waals surface area contributed by atoms with Gasteiger partial charge in [-0.2, -0.15) is 0 Å². The SMILES string of the molecule is C[C@H](CC(=O)O)[C@H]1COCCO1. The second-order valence-electron chi connectivity index (χ2n) is 3.06. The van der Waals surface area contributed by atoms with Gasteiger partial charge in [-0.1, -0.05) is 6.92 Å². The number of rotatable bonds is 3. The Bertz CT molecular complexity index is 151. The minimum Gasteiger partial charge on any atom is -0.481 e. The first-order valence-corrected chi connectivity index (χ1v) is 4.11. The monoisotopic (exact) mass is 174 g/mol. The van der Waals surface area contributed by atoms with Crippen LogP contribution in [0.3, 0.4) is 0 Å². The van der Waals surface area contributed by atoms with Crippen molar-refractivity contribution < 1.29 is 19.4 Å². The summed E-state index contributed by atoms with van der Waals surface area (Å²) in [6.45, 7) is 3.59. The van der Waals surface area contributed by atoms with Crippen molar-refractivity contribution in [3.63, 3.8) is 0 Å². The molecule has 1 aliphatic rings. The minimum atomic E-state index is -0.781. The van der Waals surface area contributed by atoms with Gasteiger partial charge < -0.3 is 14.6 Å². The highest BCUT2D eigenvalue weighted by Gasteiger charge is 2.23. The lowest BCUT2D eigenvalue weighted by Gasteiger charge is -2.27. The summed E-state index contributed by atoms with van der Waals surface area (Å²) < 4.78 is 10.5. The number of carboxylic acid groups (broad SMARTS) is 1. The molecule has 1 saturated heterocycles. The summed E-state index contributed by atoms with van der Waals surface area (Å²) in [6, 6.07) is 0. The molecule has 0 aromatic heterocycles. The van der Waals surface area contributed by atoms with E-state index >= 15 is 0 Å². The highest BCUT2D eigenvalue weighted by Crippen LogP contribution is 2.14. The molecular weight excluding hydrogens is 160 g/mol. The Kier molecular flexibility index (Phi) is 3.49. The van der Waals surface area contributed by atoms with Gasteiger partial charge in [0.2, 0.25) is 0 Å². The predicted molar refractivity (Wildman–Crippen MR) is 42.0 cm³/mol. The lowest BCUT2D eigenvalue weighted by atomic mass is 10.0. The molecule has 70 valence electrons. The smallest absolute Gasteiger partial charge is 0.303 e. The van der Waals surface area contributed by atoms with Crippen molar-refractivity contribution >= 4 is 5.97 Å². The zero-order valence-corrected chi connectivity index (χ0v) is 7.16. The van der Waals surface area contributed by atoms with Crippen LogP contribution in [0.5, 0.6) is 0 Å². The summed E-state index contributed by atoms with van der Waals surface area (Å²) in [5, 5.41) is 8.52. The van der Waals surface area contributed by atoms with Crippen LogP contribution in [0.15, 0.2) is 0 Å². The molecule has 4 heteroatoms. The molecule has 0 aliphatic carbocycles. The summed E-state index contributed by atoms with van der Waals surface area (Å²) in [6.07, 6.45) is 0.100. The molecule has 1 N–H and O–H groups in total. The van der Waals surface area contributed by atoms with Gasteiger partial charge in [0.25, 0.3) is 0 Å². The van der Waals surface area contributed by atoms with E-state index in [4.69, 9.17) is 14.6 Å². The van der Waals surface area contributed by atoms with Gasteiger partial charge in [-0.25, -0.2) is 0 Å². The third-order valence-electron chi connectivity index (χ3n) is 1.97. The van der Waals surface area contributed by atoms with Crippen LogP contribution in [-0.4, -0.2) is 37.0 Å². The van der Waals surface area contributed by atoms with Gasteiger partial charge in [-0.15, -0.1) is 0 Å². The van der Waals surface area contributed by atoms with Crippen molar-refractivity contribution in [3.8, 4) is 0 Å². The zero-order valence-electron chi connectivity index (χ0n) is 7.16. The predicted octanol–water partition coefficient (Wildman–Crippen LogP) is 0.513. The summed E-state index contributed by atoms with van der Waals surface area (Å²) in [7, 11) is 0. The molecule has 0 amide bonds. The number of hydrogen-bond acceptors (Lipinski definition) is 3. The van der Waals surface area contributed by atoms with Crippen LogP contribution in [0.1, 0.15) is 13.3 Å². The molecule has 0 radical (unpaired) electrons. The average Bonchev–Trinajstić information content (AvgIpc) is 2.05. The maximum Gasteiger partial charge on any atom is 0.303 e. The minimum absolute atomic E-state index is 0.0304. The molecule has 4 nitrogen and oxygen atoms in total.